The molecule has 0 saturated heterocycles. The van der Waals surface area contributed by atoms with Crippen LogP contribution in [0.2, 0.25) is 0 Å². The van der Waals surface area contributed by atoms with Gasteiger partial charge in [0.2, 0.25) is 0 Å². The minimum Gasteiger partial charge on any atom is -0.464 e. The molecule has 1 amide bonds. The molecule has 0 bridgehead atoms. The summed E-state index contributed by atoms with van der Waals surface area (Å²) in [7, 11) is 0. The van der Waals surface area contributed by atoms with Crippen molar-refractivity contribution in [3.63, 3.8) is 0 Å². The fraction of sp³-hybridized carbons (Fsp3) is 0.444. The molecule has 0 unspecified atom stereocenters. The van der Waals surface area contributed by atoms with Gasteiger partial charge in [-0.1, -0.05) is 26.0 Å². The highest BCUT2D eigenvalue weighted by Crippen LogP contribution is 2.23. The van der Waals surface area contributed by atoms with Gasteiger partial charge in [0.1, 0.15) is 5.58 Å². The van der Waals surface area contributed by atoms with Crippen molar-refractivity contribution in [1.29, 1.82) is 0 Å². The molecule has 2 aromatic rings. The van der Waals surface area contributed by atoms with E-state index in [0.29, 0.717) is 12.5 Å². The average molecular weight is 317 g/mol. The molecule has 0 fully saturated rings. The summed E-state index contributed by atoms with van der Waals surface area (Å²) in [5.74, 6) is -0.372. The monoisotopic (exact) mass is 317 g/mol. The zero-order valence-electron chi connectivity index (χ0n) is 14.0. The normalized spacial score (nSPS) is 12.4. The number of furan rings is 1. The van der Waals surface area contributed by atoms with Crippen molar-refractivity contribution in [1.82, 2.24) is 5.32 Å². The molecule has 0 aliphatic carbocycles. The molecule has 0 aliphatic heterocycles. The second-order valence-corrected chi connectivity index (χ2v) is 6.21. The first-order valence-corrected chi connectivity index (χ1v) is 7.80. The minimum absolute atomic E-state index is 0.0812. The Hall–Kier alpha value is -2.30. The average Bonchev–Trinajstić information content (AvgIpc) is 2.86. The maximum Gasteiger partial charge on any atom is 0.311 e. The molecule has 2 rings (SSSR count). The summed E-state index contributed by atoms with van der Waals surface area (Å²) in [5, 5.41) is 3.64. The van der Waals surface area contributed by atoms with Crippen LogP contribution in [0.1, 0.15) is 31.9 Å². The van der Waals surface area contributed by atoms with Crippen molar-refractivity contribution in [2.75, 3.05) is 6.54 Å². The summed E-state index contributed by atoms with van der Waals surface area (Å²) >= 11 is 0. The van der Waals surface area contributed by atoms with Gasteiger partial charge < -0.3 is 14.5 Å². The highest BCUT2D eigenvalue weighted by molar-refractivity contribution is 5.88. The van der Waals surface area contributed by atoms with Gasteiger partial charge in [-0.3, -0.25) is 9.59 Å². The van der Waals surface area contributed by atoms with Crippen LogP contribution < -0.4 is 5.32 Å². The first kappa shape index (κ1) is 17.1. The van der Waals surface area contributed by atoms with Gasteiger partial charge in [0, 0.05) is 17.5 Å². The Bertz CT molecular complexity index is 702. The van der Waals surface area contributed by atoms with Crippen molar-refractivity contribution in [2.45, 2.75) is 40.2 Å². The van der Waals surface area contributed by atoms with Crippen LogP contribution in [0.25, 0.3) is 11.0 Å². The predicted molar refractivity (Wildman–Crippen MR) is 88.1 cm³/mol. The summed E-state index contributed by atoms with van der Waals surface area (Å²) in [6.45, 7) is 8.12. The van der Waals surface area contributed by atoms with Gasteiger partial charge in [-0.15, -0.1) is 0 Å². The predicted octanol–water partition coefficient (Wildman–Crippen LogP) is 2.99. The zero-order valence-corrected chi connectivity index (χ0v) is 14.0. The van der Waals surface area contributed by atoms with E-state index in [9.17, 15) is 9.59 Å². The van der Waals surface area contributed by atoms with Crippen molar-refractivity contribution in [3.8, 4) is 0 Å². The molecule has 23 heavy (non-hydrogen) atoms. The number of amides is 1. The van der Waals surface area contributed by atoms with Crippen LogP contribution in [0.5, 0.6) is 0 Å². The van der Waals surface area contributed by atoms with E-state index >= 15 is 0 Å². The Morgan fingerprint density at radius 1 is 1.26 bits per heavy atom. The molecule has 5 nitrogen and oxygen atoms in total. The van der Waals surface area contributed by atoms with Gasteiger partial charge in [-0.05, 0) is 31.4 Å². The number of nitrogens with one attached hydrogen (secondary N) is 1. The summed E-state index contributed by atoms with van der Waals surface area (Å²) in [6.07, 6.45) is 0.842. The maximum absolute atomic E-state index is 12.0. The molecule has 1 atom stereocenters. The Morgan fingerprint density at radius 2 is 2.00 bits per heavy atom. The molecule has 124 valence electrons. The topological polar surface area (TPSA) is 68.5 Å². The number of benzene rings is 1. The van der Waals surface area contributed by atoms with E-state index in [1.807, 2.05) is 39.0 Å². The van der Waals surface area contributed by atoms with E-state index in [-0.39, 0.29) is 12.3 Å². The maximum atomic E-state index is 12.0. The second kappa shape index (κ2) is 7.31. The van der Waals surface area contributed by atoms with Crippen molar-refractivity contribution in [2.24, 2.45) is 5.92 Å². The third-order valence-electron chi connectivity index (χ3n) is 3.51. The van der Waals surface area contributed by atoms with Crippen molar-refractivity contribution >= 4 is 22.8 Å². The van der Waals surface area contributed by atoms with Gasteiger partial charge in [-0.2, -0.15) is 0 Å². The lowest BCUT2D eigenvalue weighted by Crippen LogP contribution is -2.37. The Morgan fingerprint density at radius 3 is 2.70 bits per heavy atom. The number of aryl methyl sites for hydroxylation is 1. The number of fused-ring (bicyclic) bond motifs is 1. The highest BCUT2D eigenvalue weighted by Gasteiger charge is 2.19. The van der Waals surface area contributed by atoms with Crippen LogP contribution in [0, 0.1) is 12.8 Å². The van der Waals surface area contributed by atoms with Crippen LogP contribution in [0.15, 0.2) is 28.9 Å². The van der Waals surface area contributed by atoms with E-state index in [1.54, 1.807) is 13.2 Å². The van der Waals surface area contributed by atoms with Gasteiger partial charge in [0.15, 0.2) is 6.10 Å². The Balaban J connectivity index is 1.94. The molecule has 1 N–H and O–H groups in total. The first-order valence-electron chi connectivity index (χ1n) is 7.80. The van der Waals surface area contributed by atoms with Gasteiger partial charge in [0.05, 0.1) is 12.7 Å². The largest absolute Gasteiger partial charge is 0.464 e. The van der Waals surface area contributed by atoms with Crippen LogP contribution in [-0.2, 0) is 20.7 Å². The first-order chi connectivity index (χ1) is 10.9. The number of hydrogen-bond acceptors (Lipinski definition) is 4. The van der Waals surface area contributed by atoms with E-state index in [4.69, 9.17) is 9.15 Å². The van der Waals surface area contributed by atoms with Gasteiger partial charge in [0.25, 0.3) is 5.91 Å². The smallest absolute Gasteiger partial charge is 0.311 e. The fourth-order valence-corrected chi connectivity index (χ4v) is 2.22. The number of ether oxygens (including phenoxy) is 1. The molecule has 0 radical (unpaired) electrons. The summed E-state index contributed by atoms with van der Waals surface area (Å²) in [5.41, 5.74) is 2.60. The van der Waals surface area contributed by atoms with E-state index in [1.165, 1.54) is 0 Å². The van der Waals surface area contributed by atoms with Crippen LogP contribution in [0.3, 0.4) is 0 Å². The minimum atomic E-state index is -0.804. The molecule has 1 aromatic heterocycles. The molecule has 0 aliphatic rings. The second-order valence-electron chi connectivity index (χ2n) is 6.21. The van der Waals surface area contributed by atoms with Crippen molar-refractivity contribution in [3.05, 3.63) is 35.6 Å². The molecule has 5 heteroatoms. The van der Waals surface area contributed by atoms with Crippen LogP contribution in [0.4, 0.5) is 0 Å². The molecule has 0 spiro atoms. The number of hydrogen-bond donors (Lipinski definition) is 1. The lowest BCUT2D eigenvalue weighted by Gasteiger charge is -2.14. The van der Waals surface area contributed by atoms with E-state index in [0.717, 1.165) is 22.1 Å². The zero-order chi connectivity index (χ0) is 17.0. The third kappa shape index (κ3) is 4.58. The number of carbonyl (C=O) groups is 2. The number of esters is 1. The Labute approximate surface area is 136 Å². The third-order valence-corrected chi connectivity index (χ3v) is 3.51. The quantitative estimate of drug-likeness (QED) is 0.832. The standard InChI is InChI=1S/C18H23NO4/c1-11(2)9-19-18(21)13(4)23-17(20)8-14-10-22-16-7-12(3)5-6-15(14)16/h5-7,10-11,13H,8-9H2,1-4H3,(H,19,21)/t13-/m0/s1. The van der Waals surface area contributed by atoms with Gasteiger partial charge >= 0.3 is 5.97 Å². The lowest BCUT2D eigenvalue weighted by atomic mass is 10.1. The summed E-state index contributed by atoms with van der Waals surface area (Å²) < 4.78 is 10.7. The highest BCUT2D eigenvalue weighted by atomic mass is 16.5. The number of carbonyl (C=O) groups excluding carboxylic acids is 2. The SMILES string of the molecule is Cc1ccc2c(CC(=O)O[C@@H](C)C(=O)NCC(C)C)coc2c1. The summed E-state index contributed by atoms with van der Waals surface area (Å²) in [6, 6.07) is 5.82. The fourth-order valence-electron chi connectivity index (χ4n) is 2.22. The van der Waals surface area contributed by atoms with Crippen molar-refractivity contribution < 1.29 is 18.7 Å². The molecule has 0 saturated carbocycles. The molecule has 1 heterocycles. The molecular weight excluding hydrogens is 294 g/mol. The van der Waals surface area contributed by atoms with E-state index < -0.39 is 12.1 Å². The van der Waals surface area contributed by atoms with E-state index in [2.05, 4.69) is 5.32 Å². The molecular formula is C18H23NO4. The van der Waals surface area contributed by atoms with Gasteiger partial charge in [-0.25, -0.2) is 0 Å². The lowest BCUT2D eigenvalue weighted by molar-refractivity contribution is -0.154. The van der Waals surface area contributed by atoms with Crippen LogP contribution >= 0.6 is 0 Å². The molecule has 1 aromatic carbocycles. The number of rotatable bonds is 6. The Kier molecular flexibility index (Phi) is 5.42. The van der Waals surface area contributed by atoms with Crippen LogP contribution in [-0.4, -0.2) is 24.5 Å². The summed E-state index contributed by atoms with van der Waals surface area (Å²) in [4.78, 5) is 23.9.